The number of methoxy groups -OCH3 is 1. The summed E-state index contributed by atoms with van der Waals surface area (Å²) in [4.78, 5) is 0. The van der Waals surface area contributed by atoms with Crippen molar-refractivity contribution in [3.63, 3.8) is 0 Å². The maximum Gasteiger partial charge on any atom is 0.123 e. The molecule has 17 heavy (non-hydrogen) atoms. The number of benzene rings is 1. The highest BCUT2D eigenvalue weighted by atomic mass is 19.1. The van der Waals surface area contributed by atoms with Crippen LogP contribution in [0.25, 0.3) is 0 Å². The first-order valence-electron chi connectivity index (χ1n) is 5.88. The normalized spacial score (nSPS) is 13.8. The van der Waals surface area contributed by atoms with Crippen molar-refractivity contribution in [1.82, 2.24) is 5.32 Å². The van der Waals surface area contributed by atoms with Gasteiger partial charge in [0.25, 0.3) is 0 Å². The molecule has 3 heteroatoms. The van der Waals surface area contributed by atoms with E-state index in [0.717, 1.165) is 17.5 Å². The molecule has 0 aliphatic carbocycles. The highest BCUT2D eigenvalue weighted by Gasteiger charge is 2.28. The van der Waals surface area contributed by atoms with Gasteiger partial charge in [-0.25, -0.2) is 4.39 Å². The fraction of sp³-hybridized carbons (Fsp3) is 0.571. The van der Waals surface area contributed by atoms with Gasteiger partial charge in [-0.1, -0.05) is 6.07 Å². The number of ether oxygens (including phenoxy) is 1. The van der Waals surface area contributed by atoms with Gasteiger partial charge < -0.3 is 10.1 Å². The van der Waals surface area contributed by atoms with Crippen LogP contribution < -0.4 is 5.32 Å². The molecule has 0 aromatic heterocycles. The van der Waals surface area contributed by atoms with E-state index in [0.29, 0.717) is 0 Å². The number of nitrogens with one attached hydrogen (secondary N) is 1. The Morgan fingerprint density at radius 3 is 2.59 bits per heavy atom. The van der Waals surface area contributed by atoms with E-state index in [1.165, 1.54) is 6.07 Å². The molecule has 0 fully saturated rings. The van der Waals surface area contributed by atoms with Crippen LogP contribution in [0.4, 0.5) is 4.39 Å². The first kappa shape index (κ1) is 14.1. The Bertz CT molecular complexity index is 376. The average molecular weight is 239 g/mol. The number of likely N-dealkylation sites (N-methyl/N-ethyl adjacent to an activating group) is 1. The Hall–Kier alpha value is -0.930. The zero-order valence-electron chi connectivity index (χ0n) is 11.3. The SMILES string of the molecule is CNC(Cc1cc(F)ccc1C)C(C)(C)OC. The molecule has 0 heterocycles. The molecule has 1 atom stereocenters. The Balaban J connectivity index is 2.91. The molecule has 1 rings (SSSR count). The summed E-state index contributed by atoms with van der Waals surface area (Å²) in [6.45, 7) is 6.06. The summed E-state index contributed by atoms with van der Waals surface area (Å²) >= 11 is 0. The number of aryl methyl sites for hydroxylation is 1. The second-order valence-corrected chi connectivity index (χ2v) is 4.92. The Morgan fingerprint density at radius 1 is 1.41 bits per heavy atom. The van der Waals surface area contributed by atoms with Gasteiger partial charge in [0.15, 0.2) is 0 Å². The van der Waals surface area contributed by atoms with E-state index >= 15 is 0 Å². The third-order valence-corrected chi connectivity index (χ3v) is 3.45. The fourth-order valence-corrected chi connectivity index (χ4v) is 1.92. The van der Waals surface area contributed by atoms with Crippen LogP contribution in [0.15, 0.2) is 18.2 Å². The van der Waals surface area contributed by atoms with Gasteiger partial charge in [0.05, 0.1) is 5.60 Å². The molecule has 1 aromatic carbocycles. The van der Waals surface area contributed by atoms with Gasteiger partial charge in [0.1, 0.15) is 5.82 Å². The number of hydrogen-bond donors (Lipinski definition) is 1. The van der Waals surface area contributed by atoms with E-state index in [1.54, 1.807) is 13.2 Å². The third kappa shape index (κ3) is 3.51. The highest BCUT2D eigenvalue weighted by molar-refractivity contribution is 5.27. The van der Waals surface area contributed by atoms with E-state index < -0.39 is 0 Å². The van der Waals surface area contributed by atoms with Crippen molar-refractivity contribution in [1.29, 1.82) is 0 Å². The predicted molar refractivity (Wildman–Crippen MR) is 68.8 cm³/mol. The minimum atomic E-state index is -0.284. The molecule has 2 nitrogen and oxygen atoms in total. The molecule has 0 spiro atoms. The Kier molecular flexibility index (Phi) is 4.66. The van der Waals surface area contributed by atoms with Crippen molar-refractivity contribution in [2.45, 2.75) is 38.8 Å². The fourth-order valence-electron chi connectivity index (χ4n) is 1.92. The van der Waals surface area contributed by atoms with Crippen LogP contribution in [0.1, 0.15) is 25.0 Å². The zero-order valence-corrected chi connectivity index (χ0v) is 11.3. The van der Waals surface area contributed by atoms with Gasteiger partial charge in [-0.2, -0.15) is 0 Å². The number of halogens is 1. The van der Waals surface area contributed by atoms with Gasteiger partial charge in [-0.15, -0.1) is 0 Å². The molecule has 0 radical (unpaired) electrons. The monoisotopic (exact) mass is 239 g/mol. The molecule has 1 N–H and O–H groups in total. The average Bonchev–Trinajstić information content (AvgIpc) is 2.30. The lowest BCUT2D eigenvalue weighted by Gasteiger charge is -2.33. The van der Waals surface area contributed by atoms with Crippen LogP contribution in [0, 0.1) is 12.7 Å². The topological polar surface area (TPSA) is 21.3 Å². The molecule has 1 aromatic rings. The number of hydrogen-bond acceptors (Lipinski definition) is 2. The Morgan fingerprint density at radius 2 is 2.06 bits per heavy atom. The Labute approximate surface area is 103 Å². The molecule has 1 unspecified atom stereocenters. The van der Waals surface area contributed by atoms with Gasteiger partial charge in [-0.3, -0.25) is 0 Å². The quantitative estimate of drug-likeness (QED) is 0.853. The van der Waals surface area contributed by atoms with Crippen LogP contribution >= 0.6 is 0 Å². The lowest BCUT2D eigenvalue weighted by atomic mass is 9.90. The zero-order chi connectivity index (χ0) is 13.1. The predicted octanol–water partition coefficient (Wildman–Crippen LogP) is 2.69. The van der Waals surface area contributed by atoms with Crippen LogP contribution in [0.5, 0.6) is 0 Å². The van der Waals surface area contributed by atoms with Crippen molar-refractivity contribution < 1.29 is 9.13 Å². The summed E-state index contributed by atoms with van der Waals surface area (Å²) in [6, 6.07) is 5.06. The number of rotatable bonds is 5. The molecule has 0 aliphatic heterocycles. The van der Waals surface area contributed by atoms with Crippen molar-refractivity contribution >= 4 is 0 Å². The maximum atomic E-state index is 13.2. The molecular formula is C14H22FNO. The molecule has 0 saturated heterocycles. The second-order valence-electron chi connectivity index (χ2n) is 4.92. The van der Waals surface area contributed by atoms with Gasteiger partial charge >= 0.3 is 0 Å². The van der Waals surface area contributed by atoms with Crippen molar-refractivity contribution in [2.75, 3.05) is 14.2 Å². The van der Waals surface area contributed by atoms with Gasteiger partial charge in [-0.05, 0) is 57.5 Å². The molecule has 0 saturated carbocycles. The minimum Gasteiger partial charge on any atom is -0.377 e. The minimum absolute atomic E-state index is 0.146. The van der Waals surface area contributed by atoms with Crippen molar-refractivity contribution in [2.24, 2.45) is 0 Å². The smallest absolute Gasteiger partial charge is 0.123 e. The lowest BCUT2D eigenvalue weighted by Crippen LogP contribution is -2.48. The summed E-state index contributed by atoms with van der Waals surface area (Å²) in [5.74, 6) is -0.185. The van der Waals surface area contributed by atoms with Crippen molar-refractivity contribution in [3.05, 3.63) is 35.1 Å². The largest absolute Gasteiger partial charge is 0.377 e. The molecule has 0 amide bonds. The second kappa shape index (κ2) is 5.61. The summed E-state index contributed by atoms with van der Waals surface area (Å²) in [5, 5.41) is 3.24. The lowest BCUT2D eigenvalue weighted by molar-refractivity contribution is -0.00802. The first-order valence-corrected chi connectivity index (χ1v) is 5.88. The van der Waals surface area contributed by atoms with E-state index in [1.807, 2.05) is 33.9 Å². The van der Waals surface area contributed by atoms with Crippen LogP contribution in [0.3, 0.4) is 0 Å². The molecule has 0 aliphatic rings. The summed E-state index contributed by atoms with van der Waals surface area (Å²) < 4.78 is 18.7. The first-order chi connectivity index (χ1) is 7.90. The van der Waals surface area contributed by atoms with Crippen LogP contribution in [0.2, 0.25) is 0 Å². The van der Waals surface area contributed by atoms with Crippen molar-refractivity contribution in [3.8, 4) is 0 Å². The summed E-state index contributed by atoms with van der Waals surface area (Å²) in [6.07, 6.45) is 0.751. The van der Waals surface area contributed by atoms with Crippen LogP contribution in [-0.4, -0.2) is 25.8 Å². The van der Waals surface area contributed by atoms with E-state index in [9.17, 15) is 4.39 Å². The summed E-state index contributed by atoms with van der Waals surface area (Å²) in [7, 11) is 3.60. The molecular weight excluding hydrogens is 217 g/mol. The van der Waals surface area contributed by atoms with E-state index in [4.69, 9.17) is 4.74 Å². The van der Waals surface area contributed by atoms with E-state index in [2.05, 4.69) is 5.32 Å². The molecule has 0 bridgehead atoms. The standard InChI is InChI=1S/C14H22FNO/c1-10-6-7-12(15)8-11(10)9-13(16-4)14(2,3)17-5/h6-8,13,16H,9H2,1-5H3. The summed E-state index contributed by atoms with van der Waals surface area (Å²) in [5.41, 5.74) is 1.85. The highest BCUT2D eigenvalue weighted by Crippen LogP contribution is 2.20. The third-order valence-electron chi connectivity index (χ3n) is 3.45. The maximum absolute atomic E-state index is 13.2. The van der Waals surface area contributed by atoms with Gasteiger partial charge in [0, 0.05) is 13.2 Å². The van der Waals surface area contributed by atoms with Crippen LogP contribution in [-0.2, 0) is 11.2 Å². The van der Waals surface area contributed by atoms with E-state index in [-0.39, 0.29) is 17.5 Å². The molecule has 96 valence electrons. The van der Waals surface area contributed by atoms with Gasteiger partial charge in [0.2, 0.25) is 0 Å².